The maximum absolute atomic E-state index is 11.9. The van der Waals surface area contributed by atoms with Gasteiger partial charge in [0, 0.05) is 30.9 Å². The lowest BCUT2D eigenvalue weighted by Gasteiger charge is -2.31. The molecular weight excluding hydrogens is 284 g/mol. The van der Waals surface area contributed by atoms with Crippen molar-refractivity contribution in [2.75, 3.05) is 31.2 Å². The van der Waals surface area contributed by atoms with Crippen molar-refractivity contribution >= 4 is 11.9 Å². The van der Waals surface area contributed by atoms with E-state index in [1.807, 2.05) is 6.07 Å². The van der Waals surface area contributed by atoms with Gasteiger partial charge in [-0.25, -0.2) is 18.6 Å². The molecule has 116 valence electrons. The summed E-state index contributed by atoms with van der Waals surface area (Å²) in [7, 11) is 0. The molecule has 2 rings (SSSR count). The molecule has 6 nitrogen and oxygen atoms in total. The summed E-state index contributed by atoms with van der Waals surface area (Å²) in [5.74, 6) is 0.419. The van der Waals surface area contributed by atoms with E-state index in [4.69, 9.17) is 9.84 Å². The van der Waals surface area contributed by atoms with Gasteiger partial charge in [-0.05, 0) is 12.5 Å². The highest BCUT2D eigenvalue weighted by atomic mass is 19.3. The summed E-state index contributed by atoms with van der Waals surface area (Å²) in [6.45, 7) is 0.365. The third-order valence-corrected chi connectivity index (χ3v) is 3.20. The Bertz CT molecular complexity index is 487. The fourth-order valence-electron chi connectivity index (χ4n) is 2.30. The monoisotopic (exact) mass is 301 g/mol. The summed E-state index contributed by atoms with van der Waals surface area (Å²) in [5.41, 5.74) is 0.792. The Balaban J connectivity index is 1.93. The van der Waals surface area contributed by atoms with Crippen molar-refractivity contribution in [1.82, 2.24) is 10.3 Å². The number of fused-ring (bicyclic) bond motifs is 1. The summed E-state index contributed by atoms with van der Waals surface area (Å²) in [4.78, 5) is 16.5. The van der Waals surface area contributed by atoms with Crippen LogP contribution in [0.1, 0.15) is 18.0 Å². The number of rotatable bonds is 6. The highest BCUT2D eigenvalue weighted by Gasteiger charge is 2.29. The summed E-state index contributed by atoms with van der Waals surface area (Å²) in [6, 6.07) is 3.50. The predicted octanol–water partition coefficient (Wildman–Crippen LogP) is 1.88. The third kappa shape index (κ3) is 4.08. The van der Waals surface area contributed by atoms with E-state index in [0.717, 1.165) is 5.56 Å². The normalized spacial score (nSPS) is 17.9. The molecule has 1 aliphatic rings. The number of hydrogen-bond acceptors (Lipinski definition) is 4. The lowest BCUT2D eigenvalue weighted by Crippen LogP contribution is -2.40. The number of nitrogens with one attached hydrogen (secondary N) is 1. The van der Waals surface area contributed by atoms with Crippen molar-refractivity contribution in [3.8, 4) is 0 Å². The van der Waals surface area contributed by atoms with Crippen LogP contribution in [0.3, 0.4) is 0 Å². The maximum Gasteiger partial charge on any atom is 0.413 e. The minimum atomic E-state index is -2.46. The molecule has 8 heteroatoms. The van der Waals surface area contributed by atoms with Gasteiger partial charge in [0.05, 0.1) is 6.61 Å². The van der Waals surface area contributed by atoms with Gasteiger partial charge in [-0.15, -0.1) is 0 Å². The van der Waals surface area contributed by atoms with Gasteiger partial charge in [0.25, 0.3) is 6.43 Å². The van der Waals surface area contributed by atoms with Crippen LogP contribution in [0.25, 0.3) is 0 Å². The van der Waals surface area contributed by atoms with Gasteiger partial charge >= 0.3 is 6.09 Å². The molecule has 0 aromatic carbocycles. The van der Waals surface area contributed by atoms with Gasteiger partial charge in [0.2, 0.25) is 0 Å². The molecule has 0 bridgehead atoms. The summed E-state index contributed by atoms with van der Waals surface area (Å²) in [6.07, 6.45) is -1.36. The number of hydrogen-bond donors (Lipinski definition) is 2. The molecule has 0 aliphatic carbocycles. The molecule has 1 aromatic rings. The minimum absolute atomic E-state index is 0.0561. The Kier molecular flexibility index (Phi) is 5.40. The first-order chi connectivity index (χ1) is 10.1. The molecular formula is C13H17F2N3O3. The minimum Gasteiger partial charge on any atom is -0.465 e. The molecule has 0 saturated heterocycles. The maximum atomic E-state index is 11.9. The van der Waals surface area contributed by atoms with Gasteiger partial charge in [-0.2, -0.15) is 0 Å². The summed E-state index contributed by atoms with van der Waals surface area (Å²) >= 11 is 0. The Labute approximate surface area is 120 Å². The number of alkyl halides is 2. The molecule has 0 fully saturated rings. The standard InChI is InChI=1S/C13H17F2N3O3/c14-11(15)8-21-7-5-16-10-3-6-18(13(19)20)12-9(10)2-1-4-17-12/h1-2,4,10-11,16H,3,5-8H2,(H,19,20). The zero-order valence-electron chi connectivity index (χ0n) is 11.3. The molecule has 0 radical (unpaired) electrons. The molecule has 1 unspecified atom stereocenters. The molecule has 1 aliphatic heterocycles. The van der Waals surface area contributed by atoms with Gasteiger partial charge < -0.3 is 15.2 Å². The number of amides is 1. The highest BCUT2D eigenvalue weighted by molar-refractivity contribution is 5.86. The second kappa shape index (κ2) is 7.28. The average Bonchev–Trinajstić information content (AvgIpc) is 2.46. The van der Waals surface area contributed by atoms with Crippen LogP contribution in [0.5, 0.6) is 0 Å². The Hall–Kier alpha value is -1.80. The lowest BCUT2D eigenvalue weighted by molar-refractivity contribution is 0.0181. The quantitative estimate of drug-likeness (QED) is 0.785. The van der Waals surface area contributed by atoms with E-state index in [9.17, 15) is 13.6 Å². The number of pyridine rings is 1. The first-order valence-corrected chi connectivity index (χ1v) is 6.64. The van der Waals surface area contributed by atoms with Crippen LogP contribution in [0.15, 0.2) is 18.3 Å². The molecule has 1 atom stereocenters. The second-order valence-corrected chi connectivity index (χ2v) is 4.61. The van der Waals surface area contributed by atoms with Crippen LogP contribution in [0.2, 0.25) is 0 Å². The number of anilines is 1. The van der Waals surface area contributed by atoms with Crippen LogP contribution in [0.4, 0.5) is 19.4 Å². The van der Waals surface area contributed by atoms with Crippen LogP contribution in [0, 0.1) is 0 Å². The predicted molar refractivity (Wildman–Crippen MR) is 71.8 cm³/mol. The van der Waals surface area contributed by atoms with E-state index in [2.05, 4.69) is 10.3 Å². The molecule has 1 aromatic heterocycles. The first kappa shape index (κ1) is 15.6. The van der Waals surface area contributed by atoms with E-state index < -0.39 is 19.1 Å². The van der Waals surface area contributed by atoms with Crippen molar-refractivity contribution < 1.29 is 23.4 Å². The smallest absolute Gasteiger partial charge is 0.413 e. The molecule has 0 saturated carbocycles. The van der Waals surface area contributed by atoms with Crippen molar-refractivity contribution in [1.29, 1.82) is 0 Å². The topological polar surface area (TPSA) is 74.7 Å². The largest absolute Gasteiger partial charge is 0.465 e. The number of ether oxygens (including phenoxy) is 1. The second-order valence-electron chi connectivity index (χ2n) is 4.61. The number of carbonyl (C=O) groups is 1. The molecule has 1 amide bonds. The van der Waals surface area contributed by atoms with Crippen LogP contribution in [-0.2, 0) is 4.74 Å². The van der Waals surface area contributed by atoms with Gasteiger partial charge in [-0.1, -0.05) is 6.07 Å². The molecule has 2 heterocycles. The Morgan fingerprint density at radius 3 is 3.14 bits per heavy atom. The van der Waals surface area contributed by atoms with E-state index in [0.29, 0.717) is 25.3 Å². The van der Waals surface area contributed by atoms with E-state index >= 15 is 0 Å². The van der Waals surface area contributed by atoms with Crippen molar-refractivity contribution in [2.45, 2.75) is 18.9 Å². The molecule has 2 N–H and O–H groups in total. The third-order valence-electron chi connectivity index (χ3n) is 3.20. The zero-order chi connectivity index (χ0) is 15.2. The van der Waals surface area contributed by atoms with Crippen LogP contribution < -0.4 is 10.2 Å². The molecule has 0 spiro atoms. The lowest BCUT2D eigenvalue weighted by atomic mass is 10.00. The number of halogens is 2. The Morgan fingerprint density at radius 1 is 1.62 bits per heavy atom. The van der Waals surface area contributed by atoms with Crippen LogP contribution in [-0.4, -0.2) is 48.9 Å². The molecule has 21 heavy (non-hydrogen) atoms. The van der Waals surface area contributed by atoms with E-state index in [1.54, 1.807) is 12.3 Å². The van der Waals surface area contributed by atoms with Crippen molar-refractivity contribution in [2.24, 2.45) is 0 Å². The number of nitrogens with zero attached hydrogens (tertiary/aromatic N) is 2. The fraction of sp³-hybridized carbons (Fsp3) is 0.538. The Morgan fingerprint density at radius 2 is 2.43 bits per heavy atom. The van der Waals surface area contributed by atoms with Gasteiger partial charge in [-0.3, -0.25) is 4.90 Å². The highest BCUT2D eigenvalue weighted by Crippen LogP contribution is 2.31. The van der Waals surface area contributed by atoms with Gasteiger partial charge in [0.1, 0.15) is 12.4 Å². The average molecular weight is 301 g/mol. The zero-order valence-corrected chi connectivity index (χ0v) is 11.3. The fourth-order valence-corrected chi connectivity index (χ4v) is 2.30. The van der Waals surface area contributed by atoms with Crippen LogP contribution >= 0.6 is 0 Å². The SMILES string of the molecule is O=C(O)N1CCC(NCCOCC(F)F)c2cccnc21. The summed E-state index contributed by atoms with van der Waals surface area (Å²) in [5, 5.41) is 12.3. The van der Waals surface area contributed by atoms with Crippen molar-refractivity contribution in [3.05, 3.63) is 23.9 Å². The van der Waals surface area contributed by atoms with E-state index in [-0.39, 0.29) is 12.6 Å². The number of aromatic nitrogens is 1. The number of carboxylic acid groups (broad SMARTS) is 1. The van der Waals surface area contributed by atoms with Crippen molar-refractivity contribution in [3.63, 3.8) is 0 Å². The first-order valence-electron chi connectivity index (χ1n) is 6.64. The van der Waals surface area contributed by atoms with Gasteiger partial charge in [0.15, 0.2) is 0 Å². The summed E-state index contributed by atoms with van der Waals surface area (Å²) < 4.78 is 28.6. The van der Waals surface area contributed by atoms with E-state index in [1.165, 1.54) is 4.90 Å².